The van der Waals surface area contributed by atoms with Crippen LogP contribution in [0.4, 0.5) is 0 Å². The summed E-state index contributed by atoms with van der Waals surface area (Å²) in [5, 5.41) is 26.9. The molecule has 0 aromatic carbocycles. The SMILES string of the molecule is CCCCCCCC/C=C/C[N+](CCCCC(=O)O)(CCCCC(=O)O)CCCCC(=O)O. The van der Waals surface area contributed by atoms with Gasteiger partial charge in [-0.15, -0.1) is 0 Å². The van der Waals surface area contributed by atoms with Gasteiger partial charge in [-0.2, -0.15) is 0 Å². The smallest absolute Gasteiger partial charge is 0.303 e. The minimum absolute atomic E-state index is 0.159. The van der Waals surface area contributed by atoms with Gasteiger partial charge in [0.2, 0.25) is 0 Å². The molecule has 0 aliphatic heterocycles. The van der Waals surface area contributed by atoms with Crippen LogP contribution in [0.15, 0.2) is 12.2 Å². The Morgan fingerprint density at radius 2 is 1.00 bits per heavy atom. The Hall–Kier alpha value is -1.89. The van der Waals surface area contributed by atoms with Crippen molar-refractivity contribution in [3.8, 4) is 0 Å². The van der Waals surface area contributed by atoms with E-state index in [1.807, 2.05) is 0 Å². The van der Waals surface area contributed by atoms with E-state index >= 15 is 0 Å². The second-order valence-electron chi connectivity index (χ2n) is 9.28. The van der Waals surface area contributed by atoms with Gasteiger partial charge in [0.15, 0.2) is 0 Å². The molecule has 0 heterocycles. The summed E-state index contributed by atoms with van der Waals surface area (Å²) in [6, 6.07) is 0. The van der Waals surface area contributed by atoms with E-state index in [2.05, 4.69) is 19.1 Å². The van der Waals surface area contributed by atoms with Gasteiger partial charge in [-0.05, 0) is 57.4 Å². The average molecular weight is 471 g/mol. The van der Waals surface area contributed by atoms with Crippen LogP contribution in [0.3, 0.4) is 0 Å². The van der Waals surface area contributed by atoms with Crippen molar-refractivity contribution in [1.82, 2.24) is 0 Å². The van der Waals surface area contributed by atoms with E-state index < -0.39 is 17.9 Å². The standard InChI is InChI=1S/C26H47NO6/c1-2-3-4-5-6-7-8-9-13-20-27(21-14-10-17-24(28)29,22-15-11-18-25(30)31)23-16-12-19-26(32)33/h9,13H,2-8,10-12,14-23H2,1H3,(H2-,28,29,30,31,32,33)/p+1/b13-9+. The molecular formula is C26H48NO6+. The Balaban J connectivity index is 4.91. The van der Waals surface area contributed by atoms with Gasteiger partial charge in [-0.25, -0.2) is 0 Å². The number of allylic oxidation sites excluding steroid dienone is 1. The fourth-order valence-electron chi connectivity index (χ4n) is 4.24. The van der Waals surface area contributed by atoms with E-state index in [1.54, 1.807) is 0 Å². The normalized spacial score (nSPS) is 11.8. The molecule has 192 valence electrons. The number of carboxylic acid groups (broad SMARTS) is 3. The van der Waals surface area contributed by atoms with Gasteiger partial charge in [0.05, 0.1) is 26.2 Å². The first-order valence-electron chi connectivity index (χ1n) is 13.0. The van der Waals surface area contributed by atoms with Crippen LogP contribution in [0.5, 0.6) is 0 Å². The zero-order valence-electron chi connectivity index (χ0n) is 20.8. The third kappa shape index (κ3) is 20.4. The monoisotopic (exact) mass is 470 g/mol. The van der Waals surface area contributed by atoms with Gasteiger partial charge in [-0.3, -0.25) is 14.4 Å². The van der Waals surface area contributed by atoms with Gasteiger partial charge < -0.3 is 19.8 Å². The van der Waals surface area contributed by atoms with Crippen molar-refractivity contribution in [3.05, 3.63) is 12.2 Å². The molecule has 0 atom stereocenters. The molecule has 0 rings (SSSR count). The molecule has 0 radical (unpaired) electrons. The lowest BCUT2D eigenvalue weighted by molar-refractivity contribution is -0.923. The number of carbonyl (C=O) groups is 3. The van der Waals surface area contributed by atoms with Crippen molar-refractivity contribution in [2.45, 2.75) is 110 Å². The van der Waals surface area contributed by atoms with Gasteiger partial charge in [0, 0.05) is 19.3 Å². The Labute approximate surface area is 200 Å². The van der Waals surface area contributed by atoms with E-state index in [0.29, 0.717) is 19.3 Å². The maximum Gasteiger partial charge on any atom is 0.303 e. The number of aliphatic carboxylic acids is 3. The van der Waals surface area contributed by atoms with Crippen LogP contribution in [0.2, 0.25) is 0 Å². The third-order valence-corrected chi connectivity index (χ3v) is 6.20. The molecule has 0 saturated carbocycles. The average Bonchev–Trinajstić information content (AvgIpc) is 2.75. The Morgan fingerprint density at radius 1 is 0.576 bits per heavy atom. The molecule has 0 aliphatic carbocycles. The summed E-state index contributed by atoms with van der Waals surface area (Å²) in [4.78, 5) is 32.7. The summed E-state index contributed by atoms with van der Waals surface area (Å²) in [5.41, 5.74) is 0. The first-order valence-corrected chi connectivity index (χ1v) is 13.0. The fraction of sp³-hybridized carbons (Fsp3) is 0.808. The summed E-state index contributed by atoms with van der Waals surface area (Å²) < 4.78 is 0.784. The van der Waals surface area contributed by atoms with Gasteiger partial charge in [0.25, 0.3) is 0 Å². The van der Waals surface area contributed by atoms with Crippen LogP contribution >= 0.6 is 0 Å². The zero-order chi connectivity index (χ0) is 24.8. The molecule has 0 aromatic heterocycles. The lowest BCUT2D eigenvalue weighted by atomic mass is 10.1. The summed E-state index contributed by atoms with van der Waals surface area (Å²) in [6.07, 6.45) is 17.9. The highest BCUT2D eigenvalue weighted by Crippen LogP contribution is 2.17. The molecule has 0 fully saturated rings. The minimum Gasteiger partial charge on any atom is -0.481 e. The number of unbranched alkanes of at least 4 members (excludes halogenated alkanes) is 9. The first-order chi connectivity index (χ1) is 15.8. The predicted molar refractivity (Wildman–Crippen MR) is 131 cm³/mol. The second-order valence-corrected chi connectivity index (χ2v) is 9.28. The van der Waals surface area contributed by atoms with Crippen LogP contribution in [-0.2, 0) is 14.4 Å². The molecule has 7 heteroatoms. The van der Waals surface area contributed by atoms with Crippen molar-refractivity contribution in [1.29, 1.82) is 0 Å². The Morgan fingerprint density at radius 3 is 1.42 bits per heavy atom. The van der Waals surface area contributed by atoms with Crippen molar-refractivity contribution in [2.24, 2.45) is 0 Å². The van der Waals surface area contributed by atoms with Gasteiger partial charge in [-0.1, -0.05) is 45.1 Å². The van der Waals surface area contributed by atoms with E-state index in [0.717, 1.165) is 56.3 Å². The van der Waals surface area contributed by atoms with Crippen molar-refractivity contribution < 1.29 is 34.2 Å². The molecule has 7 nitrogen and oxygen atoms in total. The number of hydrogen-bond acceptors (Lipinski definition) is 3. The molecule has 0 amide bonds. The highest BCUT2D eigenvalue weighted by Gasteiger charge is 2.25. The van der Waals surface area contributed by atoms with E-state index in [4.69, 9.17) is 15.3 Å². The largest absolute Gasteiger partial charge is 0.481 e. The quantitative estimate of drug-likeness (QED) is 0.0923. The molecule has 0 saturated heterocycles. The van der Waals surface area contributed by atoms with Crippen LogP contribution < -0.4 is 0 Å². The number of nitrogens with zero attached hydrogens (tertiary/aromatic N) is 1. The molecule has 33 heavy (non-hydrogen) atoms. The molecule has 0 unspecified atom stereocenters. The fourth-order valence-corrected chi connectivity index (χ4v) is 4.24. The number of hydrogen-bond donors (Lipinski definition) is 3. The Kier molecular flexibility index (Phi) is 19.5. The minimum atomic E-state index is -0.783. The molecule has 0 aromatic rings. The van der Waals surface area contributed by atoms with Crippen LogP contribution in [0, 0.1) is 0 Å². The van der Waals surface area contributed by atoms with Crippen molar-refractivity contribution in [3.63, 3.8) is 0 Å². The van der Waals surface area contributed by atoms with Crippen LogP contribution in [0.1, 0.15) is 110 Å². The van der Waals surface area contributed by atoms with Gasteiger partial charge in [0.1, 0.15) is 0 Å². The highest BCUT2D eigenvalue weighted by molar-refractivity contribution is 5.67. The molecule has 0 spiro atoms. The van der Waals surface area contributed by atoms with E-state index in [-0.39, 0.29) is 19.3 Å². The van der Waals surface area contributed by atoms with Crippen LogP contribution in [-0.4, -0.2) is 63.9 Å². The second kappa shape index (κ2) is 20.7. The first kappa shape index (κ1) is 31.1. The zero-order valence-corrected chi connectivity index (χ0v) is 20.8. The molecule has 3 N–H and O–H groups in total. The lowest BCUT2D eigenvalue weighted by Crippen LogP contribution is -2.50. The topological polar surface area (TPSA) is 112 Å². The maximum absolute atomic E-state index is 10.9. The lowest BCUT2D eigenvalue weighted by Gasteiger charge is -2.38. The van der Waals surface area contributed by atoms with Crippen LogP contribution in [0.25, 0.3) is 0 Å². The molecule has 0 aliphatic rings. The van der Waals surface area contributed by atoms with E-state index in [9.17, 15) is 14.4 Å². The summed E-state index contributed by atoms with van der Waals surface area (Å²) >= 11 is 0. The third-order valence-electron chi connectivity index (χ3n) is 6.20. The predicted octanol–water partition coefficient (Wildman–Crippen LogP) is 5.87. The number of carboxylic acids is 3. The number of rotatable bonds is 24. The van der Waals surface area contributed by atoms with Crippen molar-refractivity contribution in [2.75, 3.05) is 26.2 Å². The summed E-state index contributed by atoms with van der Waals surface area (Å²) in [6.45, 7) is 5.58. The number of quaternary nitrogens is 1. The highest BCUT2D eigenvalue weighted by atomic mass is 16.4. The molecular weight excluding hydrogens is 422 g/mol. The van der Waals surface area contributed by atoms with E-state index in [1.165, 1.54) is 38.5 Å². The van der Waals surface area contributed by atoms with Gasteiger partial charge >= 0.3 is 17.9 Å². The molecule has 0 bridgehead atoms. The maximum atomic E-state index is 10.9. The van der Waals surface area contributed by atoms with Crippen molar-refractivity contribution >= 4 is 17.9 Å². The summed E-state index contributed by atoms with van der Waals surface area (Å²) in [5.74, 6) is -2.35. The summed E-state index contributed by atoms with van der Waals surface area (Å²) in [7, 11) is 0. The Bertz CT molecular complexity index is 506.